The van der Waals surface area contributed by atoms with Crippen molar-refractivity contribution in [1.82, 2.24) is 0 Å². The van der Waals surface area contributed by atoms with Gasteiger partial charge in [-0.3, -0.25) is 0 Å². The third kappa shape index (κ3) is 2.86. The van der Waals surface area contributed by atoms with E-state index in [9.17, 15) is 0 Å². The number of rotatable bonds is 3. The van der Waals surface area contributed by atoms with E-state index >= 15 is 0 Å². The molecule has 0 spiro atoms. The molecule has 0 heterocycles. The second-order valence-corrected chi connectivity index (χ2v) is 10.7. The predicted molar refractivity (Wildman–Crippen MR) is 82.8 cm³/mol. The number of benzene rings is 3. The van der Waals surface area contributed by atoms with Crippen molar-refractivity contribution in [3.05, 3.63) is 78.9 Å². The van der Waals surface area contributed by atoms with Crippen molar-refractivity contribution in [3.8, 4) is 22.3 Å². The van der Waals surface area contributed by atoms with Crippen molar-refractivity contribution in [2.45, 2.75) is 4.43 Å². The third-order valence-corrected chi connectivity index (χ3v) is 8.91. The summed E-state index contributed by atoms with van der Waals surface area (Å²) in [4.78, 5) is 0. The van der Waals surface area contributed by atoms with E-state index in [1.807, 2.05) is 0 Å². The van der Waals surface area contributed by atoms with Crippen LogP contribution in [0, 0.1) is 0 Å². The Labute approximate surface area is 132 Å². The predicted octanol–water partition coefficient (Wildman–Crippen LogP) is 4.78. The van der Waals surface area contributed by atoms with Crippen LogP contribution in [0.3, 0.4) is 0 Å². The quantitative estimate of drug-likeness (QED) is 0.510. The number of hydrogen-bond acceptors (Lipinski definition) is 0. The first-order chi connectivity index (χ1) is 9.88. The summed E-state index contributed by atoms with van der Waals surface area (Å²) in [7, 11) is 0. The minimum atomic E-state index is -0.960. The zero-order valence-electron chi connectivity index (χ0n) is 11.7. The molecule has 0 aliphatic rings. The molecule has 0 fully saturated rings. The van der Waals surface area contributed by atoms with Gasteiger partial charge in [-0.05, 0) is 0 Å². The summed E-state index contributed by atoms with van der Waals surface area (Å²) in [5, 5.41) is 0. The van der Waals surface area contributed by atoms with Crippen LogP contribution in [0.25, 0.3) is 22.3 Å². The first kappa shape index (κ1) is 13.6. The van der Waals surface area contributed by atoms with Crippen LogP contribution in [-0.2, 0) is 24.6 Å². The van der Waals surface area contributed by atoms with Crippen molar-refractivity contribution in [1.29, 1.82) is 0 Å². The molecule has 20 heavy (non-hydrogen) atoms. The number of hydrogen-bond donors (Lipinski definition) is 0. The SMILES string of the molecule is [CH3][Hg][c]1cc(-c2ccccc2)ccc1-c1ccccc1. The molecule has 0 amide bonds. The van der Waals surface area contributed by atoms with Crippen LogP contribution in [0.4, 0.5) is 0 Å². The van der Waals surface area contributed by atoms with Crippen molar-refractivity contribution in [2.75, 3.05) is 0 Å². The zero-order chi connectivity index (χ0) is 13.8. The van der Waals surface area contributed by atoms with E-state index < -0.39 is 24.6 Å². The molecule has 0 atom stereocenters. The fraction of sp³-hybridized carbons (Fsp3) is 0.0526. The Kier molecular flexibility index (Phi) is 4.32. The van der Waals surface area contributed by atoms with Gasteiger partial charge in [0.25, 0.3) is 0 Å². The Morgan fingerprint density at radius 2 is 1.20 bits per heavy atom. The van der Waals surface area contributed by atoms with Gasteiger partial charge in [0.1, 0.15) is 0 Å². The average molecular weight is 445 g/mol. The van der Waals surface area contributed by atoms with E-state index in [2.05, 4.69) is 83.3 Å². The standard InChI is InChI=1S/C18H13.CH3.Hg/c1-3-7-15(8-4-1)17-11-13-18(14-12-17)16-9-5-2-6-10-16;;/h1-13H;1H3;. The monoisotopic (exact) mass is 446 g/mol. The van der Waals surface area contributed by atoms with Crippen LogP contribution in [0.15, 0.2) is 78.9 Å². The molecule has 1 heteroatoms. The van der Waals surface area contributed by atoms with Crippen LogP contribution in [0.1, 0.15) is 0 Å². The third-order valence-electron chi connectivity index (χ3n) is 3.68. The zero-order valence-corrected chi connectivity index (χ0v) is 17.2. The normalized spacial score (nSPS) is 10.1. The van der Waals surface area contributed by atoms with Gasteiger partial charge in [0.15, 0.2) is 0 Å². The average Bonchev–Trinajstić information content (AvgIpc) is 2.56. The molecule has 0 aliphatic carbocycles. The van der Waals surface area contributed by atoms with Crippen molar-refractivity contribution in [2.24, 2.45) is 0 Å². The summed E-state index contributed by atoms with van der Waals surface area (Å²) in [5.41, 5.74) is 5.45. The first-order valence-electron chi connectivity index (χ1n) is 7.12. The van der Waals surface area contributed by atoms with Crippen LogP contribution < -0.4 is 3.07 Å². The van der Waals surface area contributed by atoms with Crippen LogP contribution in [0.2, 0.25) is 4.43 Å². The molecule has 0 nitrogen and oxygen atoms in total. The fourth-order valence-corrected chi connectivity index (χ4v) is 6.98. The molecule has 0 unspecified atom stereocenters. The van der Waals surface area contributed by atoms with Gasteiger partial charge < -0.3 is 0 Å². The maximum absolute atomic E-state index is 2.44. The molecule has 94 valence electrons. The Bertz CT molecular complexity index is 687. The van der Waals surface area contributed by atoms with Gasteiger partial charge in [0, 0.05) is 0 Å². The molecule has 0 radical (unpaired) electrons. The Balaban J connectivity index is 2.07. The van der Waals surface area contributed by atoms with E-state index in [1.54, 1.807) is 3.07 Å². The molecule has 3 aromatic carbocycles. The molecule has 0 aromatic heterocycles. The van der Waals surface area contributed by atoms with E-state index in [0.29, 0.717) is 0 Å². The molecular weight excluding hydrogens is 429 g/mol. The van der Waals surface area contributed by atoms with Crippen LogP contribution in [0.5, 0.6) is 0 Å². The van der Waals surface area contributed by atoms with Gasteiger partial charge in [-0.15, -0.1) is 0 Å². The second-order valence-electron chi connectivity index (χ2n) is 4.96. The van der Waals surface area contributed by atoms with Crippen LogP contribution in [-0.4, -0.2) is 0 Å². The summed E-state index contributed by atoms with van der Waals surface area (Å²) < 4.78 is 4.06. The Hall–Kier alpha value is -1.40. The van der Waals surface area contributed by atoms with Gasteiger partial charge in [0.2, 0.25) is 0 Å². The van der Waals surface area contributed by atoms with Crippen molar-refractivity contribution < 1.29 is 24.6 Å². The summed E-state index contributed by atoms with van der Waals surface area (Å²) in [5.74, 6) is 0. The van der Waals surface area contributed by atoms with Crippen LogP contribution >= 0.6 is 0 Å². The Morgan fingerprint density at radius 1 is 0.600 bits per heavy atom. The molecule has 0 aliphatic heterocycles. The summed E-state index contributed by atoms with van der Waals surface area (Å²) in [6.45, 7) is 0. The summed E-state index contributed by atoms with van der Waals surface area (Å²) >= 11 is -0.960. The molecule has 3 rings (SSSR count). The van der Waals surface area contributed by atoms with Gasteiger partial charge >= 0.3 is 133 Å². The van der Waals surface area contributed by atoms with Crippen molar-refractivity contribution >= 4 is 3.07 Å². The van der Waals surface area contributed by atoms with E-state index in [4.69, 9.17) is 0 Å². The molecule has 0 bridgehead atoms. The molecule has 0 saturated heterocycles. The van der Waals surface area contributed by atoms with Gasteiger partial charge in [-0.1, -0.05) is 0 Å². The van der Waals surface area contributed by atoms with Gasteiger partial charge in [-0.25, -0.2) is 0 Å². The van der Waals surface area contributed by atoms with Gasteiger partial charge in [-0.2, -0.15) is 0 Å². The van der Waals surface area contributed by atoms with E-state index in [0.717, 1.165) is 0 Å². The second kappa shape index (κ2) is 6.36. The molecule has 0 saturated carbocycles. The molecular formula is C19H16Hg. The Morgan fingerprint density at radius 3 is 1.80 bits per heavy atom. The van der Waals surface area contributed by atoms with Gasteiger partial charge in [0.05, 0.1) is 0 Å². The molecule has 0 N–H and O–H groups in total. The minimum absolute atomic E-state index is 0.960. The summed E-state index contributed by atoms with van der Waals surface area (Å²) in [6.07, 6.45) is 0. The first-order valence-corrected chi connectivity index (χ1v) is 15.4. The summed E-state index contributed by atoms with van der Waals surface area (Å²) in [6, 6.07) is 28.4. The van der Waals surface area contributed by atoms with Crippen molar-refractivity contribution in [3.63, 3.8) is 0 Å². The topological polar surface area (TPSA) is 0 Å². The fourth-order valence-electron chi connectivity index (χ4n) is 2.60. The van der Waals surface area contributed by atoms with E-state index in [1.165, 1.54) is 22.3 Å². The molecule has 3 aromatic rings. The maximum atomic E-state index is 2.44. The van der Waals surface area contributed by atoms with E-state index in [-0.39, 0.29) is 0 Å².